The molecular weight excluding hydrogens is 286 g/mol. The van der Waals surface area contributed by atoms with Gasteiger partial charge >= 0.3 is 11.9 Å². The minimum Gasteiger partial charge on any atom is -0.478 e. The molecule has 8 heteroatoms. The molecule has 0 amide bonds. The Morgan fingerprint density at radius 3 is 2.45 bits per heavy atom. The number of benzene rings is 1. The SMILES string of the molecule is Cc1c(C(=O)O)nn(-c2cc(C(=O)O)ccc2Cl)c1N. The third kappa shape index (κ3) is 2.19. The molecule has 0 aliphatic carbocycles. The predicted octanol–water partition coefficient (Wildman–Crippen LogP) is 1.81. The lowest BCUT2D eigenvalue weighted by Crippen LogP contribution is -2.06. The van der Waals surface area contributed by atoms with Gasteiger partial charge in [0.05, 0.1) is 16.3 Å². The molecule has 4 N–H and O–H groups in total. The van der Waals surface area contributed by atoms with Gasteiger partial charge < -0.3 is 15.9 Å². The molecule has 0 unspecified atom stereocenters. The lowest BCUT2D eigenvalue weighted by Gasteiger charge is -2.07. The van der Waals surface area contributed by atoms with Crippen LogP contribution in [0.15, 0.2) is 18.2 Å². The van der Waals surface area contributed by atoms with Crippen LogP contribution in [0.1, 0.15) is 26.4 Å². The van der Waals surface area contributed by atoms with Gasteiger partial charge in [-0.1, -0.05) is 11.6 Å². The van der Waals surface area contributed by atoms with Crippen molar-refractivity contribution in [1.82, 2.24) is 9.78 Å². The van der Waals surface area contributed by atoms with E-state index in [-0.39, 0.29) is 33.3 Å². The first-order chi connectivity index (χ1) is 9.32. The van der Waals surface area contributed by atoms with Gasteiger partial charge in [-0.25, -0.2) is 14.3 Å². The van der Waals surface area contributed by atoms with E-state index >= 15 is 0 Å². The highest BCUT2D eigenvalue weighted by Crippen LogP contribution is 2.26. The number of rotatable bonds is 3. The maximum Gasteiger partial charge on any atom is 0.356 e. The summed E-state index contributed by atoms with van der Waals surface area (Å²) in [5, 5.41) is 22.0. The fourth-order valence-electron chi connectivity index (χ4n) is 1.70. The molecule has 0 saturated heterocycles. The number of hydrogen-bond donors (Lipinski definition) is 3. The second kappa shape index (κ2) is 4.86. The van der Waals surface area contributed by atoms with Crippen LogP contribution < -0.4 is 5.73 Å². The summed E-state index contributed by atoms with van der Waals surface area (Å²) in [4.78, 5) is 22.0. The summed E-state index contributed by atoms with van der Waals surface area (Å²) in [6, 6.07) is 4.00. The minimum atomic E-state index is -1.22. The van der Waals surface area contributed by atoms with Crippen LogP contribution in [0.5, 0.6) is 0 Å². The number of carboxylic acids is 2. The molecule has 1 heterocycles. The molecule has 0 radical (unpaired) electrons. The number of nitrogen functional groups attached to an aromatic ring is 1. The van der Waals surface area contributed by atoms with Gasteiger partial charge in [0.2, 0.25) is 0 Å². The van der Waals surface area contributed by atoms with E-state index in [4.69, 9.17) is 27.5 Å². The monoisotopic (exact) mass is 295 g/mol. The summed E-state index contributed by atoms with van der Waals surface area (Å²) in [5.74, 6) is -2.27. The number of aromatic carboxylic acids is 2. The normalized spacial score (nSPS) is 10.5. The van der Waals surface area contributed by atoms with Crippen LogP contribution in [0.3, 0.4) is 0 Å². The Labute approximate surface area is 118 Å². The van der Waals surface area contributed by atoms with Crippen LogP contribution in [0.2, 0.25) is 5.02 Å². The van der Waals surface area contributed by atoms with Crippen molar-refractivity contribution < 1.29 is 19.8 Å². The largest absolute Gasteiger partial charge is 0.478 e. The van der Waals surface area contributed by atoms with Crippen molar-refractivity contribution in [3.63, 3.8) is 0 Å². The molecular formula is C12H10ClN3O4. The molecule has 0 aliphatic heterocycles. The molecule has 2 aromatic rings. The van der Waals surface area contributed by atoms with E-state index < -0.39 is 11.9 Å². The molecule has 20 heavy (non-hydrogen) atoms. The van der Waals surface area contributed by atoms with Gasteiger partial charge in [0.15, 0.2) is 5.69 Å². The molecule has 0 fully saturated rings. The topological polar surface area (TPSA) is 118 Å². The Morgan fingerprint density at radius 2 is 1.95 bits per heavy atom. The van der Waals surface area contributed by atoms with E-state index in [1.54, 1.807) is 0 Å². The summed E-state index contributed by atoms with van der Waals surface area (Å²) in [5.41, 5.74) is 6.08. The number of carboxylic acid groups (broad SMARTS) is 2. The van der Waals surface area contributed by atoms with E-state index in [9.17, 15) is 9.59 Å². The van der Waals surface area contributed by atoms with E-state index in [2.05, 4.69) is 5.10 Å². The lowest BCUT2D eigenvalue weighted by molar-refractivity contribution is 0.0681. The highest BCUT2D eigenvalue weighted by molar-refractivity contribution is 6.32. The molecule has 0 bridgehead atoms. The first-order valence-electron chi connectivity index (χ1n) is 5.44. The molecule has 1 aromatic carbocycles. The summed E-state index contributed by atoms with van der Waals surface area (Å²) in [7, 11) is 0. The molecule has 0 spiro atoms. The fraction of sp³-hybridized carbons (Fsp3) is 0.0833. The number of anilines is 1. The van der Waals surface area contributed by atoms with Gasteiger partial charge in [0, 0.05) is 5.56 Å². The summed E-state index contributed by atoms with van der Waals surface area (Å²) in [6.07, 6.45) is 0. The second-order valence-electron chi connectivity index (χ2n) is 4.05. The van der Waals surface area contributed by atoms with Gasteiger partial charge in [-0.3, -0.25) is 0 Å². The minimum absolute atomic E-state index is 0.00571. The number of halogens is 1. The molecule has 0 saturated carbocycles. The number of hydrogen-bond acceptors (Lipinski definition) is 4. The van der Waals surface area contributed by atoms with E-state index in [0.717, 1.165) is 4.68 Å². The van der Waals surface area contributed by atoms with Gasteiger partial charge in [-0.15, -0.1) is 0 Å². The van der Waals surface area contributed by atoms with Crippen molar-refractivity contribution in [2.24, 2.45) is 0 Å². The summed E-state index contributed by atoms with van der Waals surface area (Å²) in [6.45, 7) is 1.51. The van der Waals surface area contributed by atoms with Crippen molar-refractivity contribution in [2.45, 2.75) is 6.92 Å². The average Bonchev–Trinajstić information content (AvgIpc) is 2.67. The zero-order chi connectivity index (χ0) is 15.0. The zero-order valence-corrected chi connectivity index (χ0v) is 11.0. The van der Waals surface area contributed by atoms with Gasteiger partial charge in [0.1, 0.15) is 5.82 Å². The highest BCUT2D eigenvalue weighted by Gasteiger charge is 2.20. The first-order valence-corrected chi connectivity index (χ1v) is 5.82. The van der Waals surface area contributed by atoms with Gasteiger partial charge in [-0.05, 0) is 25.1 Å². The average molecular weight is 296 g/mol. The molecule has 2 rings (SSSR count). The molecule has 1 aromatic heterocycles. The summed E-state index contributed by atoms with van der Waals surface area (Å²) < 4.78 is 1.12. The summed E-state index contributed by atoms with van der Waals surface area (Å²) >= 11 is 5.99. The number of nitrogens with zero attached hydrogens (tertiary/aromatic N) is 2. The second-order valence-corrected chi connectivity index (χ2v) is 4.45. The Bertz CT molecular complexity index is 724. The van der Waals surface area contributed by atoms with Crippen LogP contribution in [0, 0.1) is 6.92 Å². The van der Waals surface area contributed by atoms with Gasteiger partial charge in [-0.2, -0.15) is 5.10 Å². The number of nitrogens with two attached hydrogens (primary N) is 1. The van der Waals surface area contributed by atoms with Crippen molar-refractivity contribution in [2.75, 3.05) is 5.73 Å². The third-order valence-electron chi connectivity index (χ3n) is 2.79. The first kappa shape index (κ1) is 13.9. The molecule has 0 atom stereocenters. The van der Waals surface area contributed by atoms with E-state index in [1.165, 1.54) is 25.1 Å². The van der Waals surface area contributed by atoms with Crippen molar-refractivity contribution in [1.29, 1.82) is 0 Å². The van der Waals surface area contributed by atoms with Gasteiger partial charge in [0.25, 0.3) is 0 Å². The third-order valence-corrected chi connectivity index (χ3v) is 3.11. The maximum absolute atomic E-state index is 11.0. The highest BCUT2D eigenvalue weighted by atomic mass is 35.5. The van der Waals surface area contributed by atoms with E-state index in [0.29, 0.717) is 0 Å². The van der Waals surface area contributed by atoms with Crippen molar-refractivity contribution in [3.05, 3.63) is 40.0 Å². The Hall–Kier alpha value is -2.54. The fourth-order valence-corrected chi connectivity index (χ4v) is 1.90. The quantitative estimate of drug-likeness (QED) is 0.794. The van der Waals surface area contributed by atoms with Crippen LogP contribution in [0.4, 0.5) is 5.82 Å². The van der Waals surface area contributed by atoms with Crippen LogP contribution >= 0.6 is 11.6 Å². The van der Waals surface area contributed by atoms with Crippen molar-refractivity contribution >= 4 is 29.4 Å². The van der Waals surface area contributed by atoms with Crippen LogP contribution in [0.25, 0.3) is 5.69 Å². The van der Waals surface area contributed by atoms with E-state index in [1.807, 2.05) is 0 Å². The van der Waals surface area contributed by atoms with Crippen LogP contribution in [-0.4, -0.2) is 31.9 Å². The smallest absolute Gasteiger partial charge is 0.356 e. The lowest BCUT2D eigenvalue weighted by atomic mass is 10.2. The number of aromatic nitrogens is 2. The Kier molecular flexibility index (Phi) is 3.37. The van der Waals surface area contributed by atoms with Crippen LogP contribution in [-0.2, 0) is 0 Å². The Morgan fingerprint density at radius 1 is 1.30 bits per heavy atom. The molecule has 7 nitrogen and oxygen atoms in total. The van der Waals surface area contributed by atoms with Crippen molar-refractivity contribution in [3.8, 4) is 5.69 Å². The standard InChI is InChI=1S/C12H10ClN3O4/c1-5-9(12(19)20)15-16(10(5)14)8-4-6(11(17)18)2-3-7(8)13/h2-4H,14H2,1H3,(H,17,18)(H,19,20). The number of carbonyl (C=O) groups is 2. The maximum atomic E-state index is 11.0. The zero-order valence-electron chi connectivity index (χ0n) is 10.3. The molecule has 104 valence electrons. The molecule has 0 aliphatic rings. The predicted molar refractivity (Wildman–Crippen MR) is 71.6 cm³/mol. The Balaban J connectivity index is 2.68.